The molecular formula is C10H12O2S2. The summed E-state index contributed by atoms with van der Waals surface area (Å²) >= 11 is 1.69. The average molecular weight is 228 g/mol. The molecule has 1 aliphatic heterocycles. The van der Waals surface area contributed by atoms with Gasteiger partial charge in [0.2, 0.25) is 0 Å². The van der Waals surface area contributed by atoms with Crippen LogP contribution in [0.1, 0.15) is 11.1 Å². The summed E-state index contributed by atoms with van der Waals surface area (Å²) in [4.78, 5) is 1.22. The van der Waals surface area contributed by atoms with E-state index in [2.05, 4.69) is 6.07 Å². The Balaban J connectivity index is 2.50. The maximum absolute atomic E-state index is 11.4. The third kappa shape index (κ3) is 1.81. The summed E-state index contributed by atoms with van der Waals surface area (Å²) < 4.78 is 22.8. The normalized spacial score (nSPS) is 18.9. The van der Waals surface area contributed by atoms with Crippen LogP contribution in [0.25, 0.3) is 0 Å². The molecule has 0 aliphatic carbocycles. The first-order chi connectivity index (χ1) is 6.62. The van der Waals surface area contributed by atoms with Crippen molar-refractivity contribution in [2.24, 2.45) is 0 Å². The second-order valence-corrected chi connectivity index (χ2v) is 6.47. The van der Waals surface area contributed by atoms with Crippen LogP contribution in [-0.4, -0.2) is 20.4 Å². The van der Waals surface area contributed by atoms with E-state index in [0.717, 1.165) is 5.56 Å². The van der Waals surface area contributed by atoms with Gasteiger partial charge in [-0.1, -0.05) is 12.1 Å². The van der Waals surface area contributed by atoms with E-state index in [1.165, 1.54) is 10.5 Å². The summed E-state index contributed by atoms with van der Waals surface area (Å²) in [5.41, 5.74) is 2.22. The smallest absolute Gasteiger partial charge is 0.154 e. The maximum atomic E-state index is 11.4. The van der Waals surface area contributed by atoms with Crippen molar-refractivity contribution < 1.29 is 8.42 Å². The Morgan fingerprint density at radius 1 is 1.36 bits per heavy atom. The lowest BCUT2D eigenvalue weighted by Crippen LogP contribution is -2.19. The maximum Gasteiger partial charge on any atom is 0.154 e. The minimum absolute atomic E-state index is 0.219. The van der Waals surface area contributed by atoms with Crippen molar-refractivity contribution >= 4 is 21.6 Å². The minimum atomic E-state index is -2.83. The van der Waals surface area contributed by atoms with Gasteiger partial charge in [-0.15, -0.1) is 11.8 Å². The molecule has 4 heteroatoms. The summed E-state index contributed by atoms with van der Waals surface area (Å²) in [6.45, 7) is 0. The van der Waals surface area contributed by atoms with Gasteiger partial charge in [0.25, 0.3) is 0 Å². The molecular weight excluding hydrogens is 216 g/mol. The Morgan fingerprint density at radius 3 is 2.86 bits per heavy atom. The lowest BCUT2D eigenvalue weighted by Gasteiger charge is -2.18. The zero-order valence-corrected chi connectivity index (χ0v) is 9.62. The number of rotatable bonds is 1. The van der Waals surface area contributed by atoms with E-state index in [0.29, 0.717) is 12.2 Å². The Bertz CT molecular complexity index is 449. The van der Waals surface area contributed by atoms with Gasteiger partial charge in [0.05, 0.1) is 11.5 Å². The van der Waals surface area contributed by atoms with E-state index in [1.807, 2.05) is 18.4 Å². The zero-order valence-electron chi connectivity index (χ0n) is 7.99. The molecule has 0 radical (unpaired) electrons. The van der Waals surface area contributed by atoms with Crippen molar-refractivity contribution in [3.8, 4) is 0 Å². The molecule has 1 aromatic carbocycles. The van der Waals surface area contributed by atoms with Crippen molar-refractivity contribution in [1.82, 2.24) is 0 Å². The first-order valence-corrected chi connectivity index (χ1v) is 7.52. The van der Waals surface area contributed by atoms with E-state index < -0.39 is 9.84 Å². The van der Waals surface area contributed by atoms with Crippen molar-refractivity contribution in [1.29, 1.82) is 0 Å². The molecule has 0 atom stereocenters. The molecule has 0 amide bonds. The fourth-order valence-corrected chi connectivity index (χ4v) is 3.89. The largest absolute Gasteiger partial charge is 0.228 e. The summed E-state index contributed by atoms with van der Waals surface area (Å²) in [6, 6.07) is 5.92. The van der Waals surface area contributed by atoms with Crippen molar-refractivity contribution in [3.05, 3.63) is 29.3 Å². The number of hydrogen-bond acceptors (Lipinski definition) is 3. The molecule has 2 rings (SSSR count). The van der Waals surface area contributed by atoms with Gasteiger partial charge < -0.3 is 0 Å². The standard InChI is InChI=1S/C10H12O2S2/c1-13-10-4-2-3-8-7-14(11,12)6-5-9(8)10/h2-4H,5-7H2,1H3. The second-order valence-electron chi connectivity index (χ2n) is 3.44. The molecule has 0 saturated heterocycles. The van der Waals surface area contributed by atoms with Gasteiger partial charge in [0.15, 0.2) is 9.84 Å². The van der Waals surface area contributed by atoms with E-state index in [-0.39, 0.29) is 5.75 Å². The van der Waals surface area contributed by atoms with Gasteiger partial charge >= 0.3 is 0 Å². The molecule has 0 unspecified atom stereocenters. The first kappa shape index (κ1) is 10.1. The van der Waals surface area contributed by atoms with Crippen LogP contribution in [0, 0.1) is 0 Å². The molecule has 0 saturated carbocycles. The highest BCUT2D eigenvalue weighted by Gasteiger charge is 2.22. The lowest BCUT2D eigenvalue weighted by atomic mass is 10.1. The molecule has 0 bridgehead atoms. The van der Waals surface area contributed by atoms with Crippen LogP contribution in [0.4, 0.5) is 0 Å². The van der Waals surface area contributed by atoms with Crippen LogP contribution in [0.3, 0.4) is 0 Å². The van der Waals surface area contributed by atoms with Gasteiger partial charge in [-0.05, 0) is 29.9 Å². The third-order valence-corrected chi connectivity index (χ3v) is 4.89. The van der Waals surface area contributed by atoms with Gasteiger partial charge in [-0.2, -0.15) is 0 Å². The van der Waals surface area contributed by atoms with Crippen molar-refractivity contribution in [3.63, 3.8) is 0 Å². The molecule has 0 fully saturated rings. The van der Waals surface area contributed by atoms with Crippen LogP contribution in [0.15, 0.2) is 23.1 Å². The van der Waals surface area contributed by atoms with Crippen LogP contribution in [-0.2, 0) is 22.0 Å². The quantitative estimate of drug-likeness (QED) is 0.688. The predicted octanol–water partition coefficient (Wildman–Crippen LogP) is 1.88. The SMILES string of the molecule is CSc1cccc2c1CCS(=O)(=O)C2. The van der Waals surface area contributed by atoms with E-state index in [4.69, 9.17) is 0 Å². The number of benzene rings is 1. The Labute approximate surface area is 88.6 Å². The van der Waals surface area contributed by atoms with Crippen LogP contribution < -0.4 is 0 Å². The molecule has 2 nitrogen and oxygen atoms in total. The van der Waals surface area contributed by atoms with Gasteiger partial charge in [0.1, 0.15) is 0 Å². The Hall–Kier alpha value is -0.480. The summed E-state index contributed by atoms with van der Waals surface area (Å²) in [7, 11) is -2.83. The fraction of sp³-hybridized carbons (Fsp3) is 0.400. The fourth-order valence-electron chi connectivity index (χ4n) is 1.79. The van der Waals surface area contributed by atoms with E-state index in [1.54, 1.807) is 11.8 Å². The monoisotopic (exact) mass is 228 g/mol. The number of hydrogen-bond donors (Lipinski definition) is 0. The van der Waals surface area contributed by atoms with Crippen molar-refractivity contribution in [2.75, 3.05) is 12.0 Å². The molecule has 14 heavy (non-hydrogen) atoms. The Kier molecular flexibility index (Phi) is 2.58. The molecule has 76 valence electrons. The highest BCUT2D eigenvalue weighted by molar-refractivity contribution is 7.98. The lowest BCUT2D eigenvalue weighted by molar-refractivity contribution is 0.591. The summed E-state index contributed by atoms with van der Waals surface area (Å²) in [6.07, 6.45) is 2.70. The Morgan fingerprint density at radius 2 is 2.14 bits per heavy atom. The molecule has 0 aromatic heterocycles. The summed E-state index contributed by atoms with van der Waals surface area (Å²) in [5.74, 6) is 0.522. The molecule has 0 spiro atoms. The third-order valence-electron chi connectivity index (χ3n) is 2.49. The zero-order chi connectivity index (χ0) is 10.2. The van der Waals surface area contributed by atoms with E-state index in [9.17, 15) is 8.42 Å². The first-order valence-electron chi connectivity index (χ1n) is 4.47. The van der Waals surface area contributed by atoms with Crippen LogP contribution >= 0.6 is 11.8 Å². The predicted molar refractivity (Wildman–Crippen MR) is 59.4 cm³/mol. The highest BCUT2D eigenvalue weighted by atomic mass is 32.2. The molecule has 0 N–H and O–H groups in total. The highest BCUT2D eigenvalue weighted by Crippen LogP contribution is 2.28. The number of thioether (sulfide) groups is 1. The number of fused-ring (bicyclic) bond motifs is 1. The van der Waals surface area contributed by atoms with E-state index >= 15 is 0 Å². The minimum Gasteiger partial charge on any atom is -0.228 e. The van der Waals surface area contributed by atoms with Crippen molar-refractivity contribution in [2.45, 2.75) is 17.1 Å². The second kappa shape index (κ2) is 3.59. The van der Waals surface area contributed by atoms with Crippen LogP contribution in [0.5, 0.6) is 0 Å². The number of sulfone groups is 1. The summed E-state index contributed by atoms with van der Waals surface area (Å²) in [5, 5.41) is 0. The molecule has 1 heterocycles. The van der Waals surface area contributed by atoms with Crippen LogP contribution in [0.2, 0.25) is 0 Å². The topological polar surface area (TPSA) is 34.1 Å². The van der Waals surface area contributed by atoms with Gasteiger partial charge in [0, 0.05) is 4.90 Å². The van der Waals surface area contributed by atoms with Gasteiger partial charge in [-0.3, -0.25) is 0 Å². The average Bonchev–Trinajstić information content (AvgIpc) is 2.15. The van der Waals surface area contributed by atoms with Gasteiger partial charge in [-0.25, -0.2) is 8.42 Å². The molecule has 1 aromatic rings. The molecule has 1 aliphatic rings.